The third-order valence-electron chi connectivity index (χ3n) is 8.81. The molecule has 2 aliphatic rings. The van der Waals surface area contributed by atoms with Crippen molar-refractivity contribution in [1.29, 1.82) is 0 Å². The summed E-state index contributed by atoms with van der Waals surface area (Å²) in [6.07, 6.45) is 3.87. The second kappa shape index (κ2) is 13.6. The lowest BCUT2D eigenvalue weighted by Crippen LogP contribution is -2.39. The van der Waals surface area contributed by atoms with Crippen LogP contribution in [0.15, 0.2) is 122 Å². The van der Waals surface area contributed by atoms with Crippen LogP contribution in [0.5, 0.6) is 0 Å². The van der Waals surface area contributed by atoms with E-state index >= 15 is 0 Å². The Hall–Kier alpha value is -5.20. The molecule has 0 N–H and O–H groups in total. The molecule has 0 bridgehead atoms. The highest BCUT2D eigenvalue weighted by atomic mass is 32.2. The summed E-state index contributed by atoms with van der Waals surface area (Å²) in [7, 11) is 0. The van der Waals surface area contributed by atoms with Crippen LogP contribution in [0.2, 0.25) is 0 Å². The van der Waals surface area contributed by atoms with E-state index in [4.69, 9.17) is 10.2 Å². The first-order valence-corrected chi connectivity index (χ1v) is 18.2. The van der Waals surface area contributed by atoms with Gasteiger partial charge in [-0.2, -0.15) is 10.2 Å². The van der Waals surface area contributed by atoms with Crippen LogP contribution < -0.4 is 0 Å². The molecule has 2 aliphatic heterocycles. The Kier molecular flexibility index (Phi) is 8.71. The fraction of sp³-hybridized carbons (Fsp3) is 0.158. The molecule has 6 aromatic rings. The molecular weight excluding hydrogens is 675 g/mol. The van der Waals surface area contributed by atoms with E-state index in [0.29, 0.717) is 24.5 Å². The van der Waals surface area contributed by atoms with Crippen molar-refractivity contribution < 1.29 is 18.4 Å². The highest BCUT2D eigenvalue weighted by Crippen LogP contribution is 2.45. The topological polar surface area (TPSA) is 76.3 Å². The fourth-order valence-electron chi connectivity index (χ4n) is 6.35. The van der Waals surface area contributed by atoms with Gasteiger partial charge in [0.15, 0.2) is 0 Å². The van der Waals surface area contributed by atoms with E-state index in [1.807, 2.05) is 82.9 Å². The number of amides is 2. The smallest absolute Gasteiger partial charge is 0.233 e. The first-order chi connectivity index (χ1) is 24.4. The third-order valence-corrected chi connectivity index (χ3v) is 11.3. The van der Waals surface area contributed by atoms with Crippen LogP contribution >= 0.6 is 23.5 Å². The van der Waals surface area contributed by atoms with Gasteiger partial charge in [0.05, 0.1) is 34.3 Å². The Balaban J connectivity index is 1.11. The van der Waals surface area contributed by atoms with E-state index in [-0.39, 0.29) is 45.7 Å². The first-order valence-electron chi connectivity index (χ1n) is 16.1. The van der Waals surface area contributed by atoms with Crippen LogP contribution in [-0.2, 0) is 9.59 Å². The van der Waals surface area contributed by atoms with Crippen molar-refractivity contribution in [2.24, 2.45) is 0 Å². The number of carbonyl (C=O) groups is 2. The molecule has 2 fully saturated rings. The van der Waals surface area contributed by atoms with Gasteiger partial charge in [0.2, 0.25) is 11.8 Å². The minimum atomic E-state index is -0.362. The highest BCUT2D eigenvalue weighted by molar-refractivity contribution is 8.00. The van der Waals surface area contributed by atoms with Gasteiger partial charge in [-0.15, -0.1) is 23.5 Å². The normalized spacial score (nSPS) is 17.6. The van der Waals surface area contributed by atoms with Gasteiger partial charge in [0, 0.05) is 47.7 Å². The molecule has 0 aliphatic carbocycles. The Morgan fingerprint density at radius 2 is 0.940 bits per heavy atom. The highest BCUT2D eigenvalue weighted by Gasteiger charge is 2.39. The number of carbonyl (C=O) groups excluding carboxylic acids is 2. The number of hydrogen-bond donors (Lipinski definition) is 0. The largest absolute Gasteiger partial charge is 0.324 e. The predicted molar refractivity (Wildman–Crippen MR) is 192 cm³/mol. The van der Waals surface area contributed by atoms with E-state index in [9.17, 15) is 18.4 Å². The maximum atomic E-state index is 13.9. The lowest BCUT2D eigenvalue weighted by atomic mass is 10.1. The van der Waals surface area contributed by atoms with Crippen molar-refractivity contribution in [2.45, 2.75) is 10.7 Å². The van der Waals surface area contributed by atoms with E-state index < -0.39 is 0 Å². The molecular formula is C38H30F2N6O2S2. The first kappa shape index (κ1) is 32.0. The SMILES string of the molecule is O=C1CSC(c2cn(-c3ccccc3)nc2-c2ccc(F)cc2)N1CCN1C(=O)CSC1c1cn(-c2ccccc2)nc1-c1ccc(F)cc1. The van der Waals surface area contributed by atoms with Crippen LogP contribution in [0.1, 0.15) is 21.9 Å². The Labute approximate surface area is 295 Å². The van der Waals surface area contributed by atoms with Gasteiger partial charge in [-0.05, 0) is 72.8 Å². The predicted octanol–water partition coefficient (Wildman–Crippen LogP) is 7.52. The average molecular weight is 705 g/mol. The zero-order valence-electron chi connectivity index (χ0n) is 26.6. The molecule has 250 valence electrons. The molecule has 0 saturated carbocycles. The molecule has 4 aromatic carbocycles. The minimum absolute atomic E-state index is 0.0303. The van der Waals surface area contributed by atoms with Crippen molar-refractivity contribution in [3.8, 4) is 33.9 Å². The average Bonchev–Trinajstić information content (AvgIpc) is 3.94. The van der Waals surface area contributed by atoms with Gasteiger partial charge in [-0.1, -0.05) is 36.4 Å². The molecule has 2 amide bonds. The Morgan fingerprint density at radius 3 is 1.32 bits per heavy atom. The van der Waals surface area contributed by atoms with Crippen molar-refractivity contribution in [1.82, 2.24) is 29.4 Å². The second-order valence-electron chi connectivity index (χ2n) is 11.9. The van der Waals surface area contributed by atoms with Crippen molar-refractivity contribution in [2.75, 3.05) is 24.6 Å². The molecule has 50 heavy (non-hydrogen) atoms. The second-order valence-corrected chi connectivity index (χ2v) is 14.1. The summed E-state index contributed by atoms with van der Waals surface area (Å²) >= 11 is 3.02. The molecule has 2 atom stereocenters. The Morgan fingerprint density at radius 1 is 0.560 bits per heavy atom. The summed E-state index contributed by atoms with van der Waals surface area (Å²) in [6.45, 7) is 0.606. The molecule has 2 saturated heterocycles. The van der Waals surface area contributed by atoms with Crippen molar-refractivity contribution in [3.63, 3.8) is 0 Å². The zero-order valence-corrected chi connectivity index (χ0v) is 28.2. The number of para-hydroxylation sites is 2. The summed E-state index contributed by atoms with van der Waals surface area (Å²) < 4.78 is 31.4. The molecule has 0 spiro atoms. The molecule has 2 unspecified atom stereocenters. The monoisotopic (exact) mass is 704 g/mol. The van der Waals surface area contributed by atoms with Gasteiger partial charge < -0.3 is 9.80 Å². The van der Waals surface area contributed by atoms with Gasteiger partial charge in [-0.3, -0.25) is 9.59 Å². The van der Waals surface area contributed by atoms with Crippen molar-refractivity contribution in [3.05, 3.63) is 144 Å². The number of nitrogens with zero attached hydrogens (tertiary/aromatic N) is 6. The number of rotatable bonds is 9. The number of hydrogen-bond acceptors (Lipinski definition) is 6. The summed E-state index contributed by atoms with van der Waals surface area (Å²) in [5, 5.41) is 9.08. The molecule has 8 nitrogen and oxygen atoms in total. The molecule has 2 aromatic heterocycles. The third kappa shape index (κ3) is 6.20. The summed E-state index contributed by atoms with van der Waals surface area (Å²) in [5.41, 5.74) is 6.19. The lowest BCUT2D eigenvalue weighted by molar-refractivity contribution is -0.132. The van der Waals surface area contributed by atoms with Gasteiger partial charge in [-0.25, -0.2) is 18.1 Å². The van der Waals surface area contributed by atoms with Crippen LogP contribution in [0.25, 0.3) is 33.9 Å². The molecule has 0 radical (unpaired) electrons. The quantitative estimate of drug-likeness (QED) is 0.155. The van der Waals surface area contributed by atoms with Crippen LogP contribution in [0.3, 0.4) is 0 Å². The van der Waals surface area contributed by atoms with Gasteiger partial charge >= 0.3 is 0 Å². The summed E-state index contributed by atoms with van der Waals surface area (Å²) in [5.74, 6) is -0.174. The number of thioether (sulfide) groups is 2. The van der Waals surface area contributed by atoms with E-state index in [1.165, 1.54) is 47.8 Å². The number of halogens is 2. The van der Waals surface area contributed by atoms with E-state index in [0.717, 1.165) is 33.6 Å². The standard InChI is InChI=1S/C38H30F2N6O2S2/c39-27-15-11-25(12-16-27)35-31(21-45(41-35)29-7-3-1-4-8-29)37-43(33(47)23-49-37)19-20-44-34(48)24-50-38(44)32-22-46(30-9-5-2-6-10-30)42-36(32)26-13-17-28(40)18-14-26/h1-18,21-22,37-38H,19-20,23-24H2. The molecule has 12 heteroatoms. The van der Waals surface area contributed by atoms with E-state index in [2.05, 4.69) is 0 Å². The fourth-order valence-corrected chi connectivity index (χ4v) is 8.79. The minimum Gasteiger partial charge on any atom is -0.324 e. The summed E-state index contributed by atoms with van der Waals surface area (Å²) in [4.78, 5) is 30.6. The number of aromatic nitrogens is 4. The van der Waals surface area contributed by atoms with Crippen LogP contribution in [-0.4, -0.2) is 65.8 Å². The number of benzene rings is 4. The Bertz CT molecular complexity index is 2000. The van der Waals surface area contributed by atoms with Gasteiger partial charge in [0.1, 0.15) is 22.4 Å². The van der Waals surface area contributed by atoms with Crippen LogP contribution in [0, 0.1) is 11.6 Å². The van der Waals surface area contributed by atoms with E-state index in [1.54, 1.807) is 33.6 Å². The lowest BCUT2D eigenvalue weighted by Gasteiger charge is -2.29. The maximum absolute atomic E-state index is 13.9. The molecule has 4 heterocycles. The van der Waals surface area contributed by atoms with Gasteiger partial charge in [0.25, 0.3) is 0 Å². The van der Waals surface area contributed by atoms with Crippen molar-refractivity contribution >= 4 is 35.3 Å². The maximum Gasteiger partial charge on any atom is 0.233 e. The summed E-state index contributed by atoms with van der Waals surface area (Å²) in [6, 6.07) is 31.8. The molecule has 8 rings (SSSR count). The zero-order chi connectivity index (χ0) is 34.2. The van der Waals surface area contributed by atoms with Crippen LogP contribution in [0.4, 0.5) is 8.78 Å².